The van der Waals surface area contributed by atoms with Gasteiger partial charge in [-0.2, -0.15) is 10.2 Å². The van der Waals surface area contributed by atoms with Gasteiger partial charge in [-0.05, 0) is 72.2 Å². The topological polar surface area (TPSA) is 90.6 Å². The van der Waals surface area contributed by atoms with Crippen molar-refractivity contribution >= 4 is 21.4 Å². The zero-order valence-electron chi connectivity index (χ0n) is 20.7. The molecule has 11 heteroatoms. The molecule has 0 radical (unpaired) electrons. The van der Waals surface area contributed by atoms with E-state index >= 15 is 0 Å². The van der Waals surface area contributed by atoms with Gasteiger partial charge in [-0.25, -0.2) is 26.9 Å². The zero-order chi connectivity index (χ0) is 26.8. The molecule has 38 heavy (non-hydrogen) atoms. The predicted molar refractivity (Wildman–Crippen MR) is 139 cm³/mol. The number of nitrogens with zero attached hydrogens (tertiary/aromatic N) is 5. The van der Waals surface area contributed by atoms with Crippen LogP contribution in [0, 0.1) is 17.6 Å². The van der Waals surface area contributed by atoms with Crippen LogP contribution in [0.5, 0.6) is 0 Å². The molecule has 1 fully saturated rings. The maximum absolute atomic E-state index is 14.5. The zero-order valence-corrected chi connectivity index (χ0v) is 22.3. The van der Waals surface area contributed by atoms with Gasteiger partial charge >= 0.3 is 0 Å². The maximum Gasteiger partial charge on any atom is 0.155 e. The molecule has 3 aromatic heterocycles. The summed E-state index contributed by atoms with van der Waals surface area (Å²) in [6.07, 6.45) is 4.95. The average molecular weight is 556 g/mol. The Labute approximate surface area is 223 Å². The summed E-state index contributed by atoms with van der Waals surface area (Å²) in [5.41, 5.74) is 2.84. The third kappa shape index (κ3) is 4.01. The summed E-state index contributed by atoms with van der Waals surface area (Å²) in [5, 5.41) is 13.6. The number of pyridine rings is 1. The number of halogens is 3. The second-order valence-electron chi connectivity index (χ2n) is 10.2. The van der Waals surface area contributed by atoms with E-state index in [1.165, 1.54) is 24.5 Å². The maximum atomic E-state index is 14.5. The predicted octanol–water partition coefficient (Wildman–Crippen LogP) is 5.06. The van der Waals surface area contributed by atoms with Crippen molar-refractivity contribution < 1.29 is 17.2 Å². The number of aryl methyl sites for hydroxylation is 1. The van der Waals surface area contributed by atoms with Gasteiger partial charge in [-0.3, -0.25) is 0 Å². The molecule has 2 aliphatic carbocycles. The molecule has 2 bridgehead atoms. The van der Waals surface area contributed by atoms with Gasteiger partial charge in [0.05, 0.1) is 28.4 Å². The molecule has 1 unspecified atom stereocenters. The largest absolute Gasteiger partial charge is 0.229 e. The standard InChI is InChI=1S/C27H24ClF2N5O2S/c1-15-18-6-9-27(15,26-19(18)14-22(32-33-26)25-20(29)4-3-5-21(25)30)16-12-23(28)31-24(13-16)35-10-7-17(34-35)8-11-38(2,36)37/h3-5,7,10,12-15,18H,6,8-9,11H2,1-2H3/t15?,18-,27+/m1/s1. The van der Waals surface area contributed by atoms with Crippen LogP contribution in [0.2, 0.25) is 5.15 Å². The van der Waals surface area contributed by atoms with E-state index in [0.29, 0.717) is 23.1 Å². The van der Waals surface area contributed by atoms with Gasteiger partial charge in [0.15, 0.2) is 5.82 Å². The molecule has 2 aliphatic rings. The van der Waals surface area contributed by atoms with Crippen LogP contribution in [-0.4, -0.2) is 45.4 Å². The molecule has 3 heterocycles. The van der Waals surface area contributed by atoms with Gasteiger partial charge in [0, 0.05) is 24.3 Å². The minimum absolute atomic E-state index is 0.00841. The highest BCUT2D eigenvalue weighted by Gasteiger charge is 2.57. The summed E-state index contributed by atoms with van der Waals surface area (Å²) in [5.74, 6) is -0.515. The van der Waals surface area contributed by atoms with E-state index in [0.717, 1.165) is 29.7 Å². The lowest BCUT2D eigenvalue weighted by Gasteiger charge is -2.31. The fourth-order valence-electron chi connectivity index (χ4n) is 6.18. The highest BCUT2D eigenvalue weighted by molar-refractivity contribution is 7.90. The Balaban J connectivity index is 1.41. The lowest BCUT2D eigenvalue weighted by Crippen LogP contribution is -2.30. The molecule has 4 aromatic rings. The van der Waals surface area contributed by atoms with Crippen molar-refractivity contribution in [2.24, 2.45) is 5.92 Å². The molecule has 196 valence electrons. The van der Waals surface area contributed by atoms with E-state index < -0.39 is 26.9 Å². The number of sulfone groups is 1. The highest BCUT2D eigenvalue weighted by atomic mass is 35.5. The van der Waals surface area contributed by atoms with Crippen molar-refractivity contribution in [2.45, 2.75) is 37.5 Å². The van der Waals surface area contributed by atoms with Crippen molar-refractivity contribution in [3.63, 3.8) is 0 Å². The molecule has 0 N–H and O–H groups in total. The van der Waals surface area contributed by atoms with Gasteiger partial charge in [0.2, 0.25) is 0 Å². The molecule has 0 spiro atoms. The fraction of sp³-hybridized carbons (Fsp3) is 0.333. The smallest absolute Gasteiger partial charge is 0.155 e. The molecule has 3 atom stereocenters. The molecule has 7 nitrogen and oxygen atoms in total. The Hall–Kier alpha value is -3.24. The summed E-state index contributed by atoms with van der Waals surface area (Å²) in [6, 6.07) is 11.1. The van der Waals surface area contributed by atoms with Gasteiger partial charge in [0.1, 0.15) is 26.6 Å². The molecular formula is C27H24ClF2N5O2S. The van der Waals surface area contributed by atoms with E-state index in [4.69, 9.17) is 11.6 Å². The second kappa shape index (κ2) is 8.91. The first kappa shape index (κ1) is 25.1. The minimum Gasteiger partial charge on any atom is -0.229 e. The van der Waals surface area contributed by atoms with E-state index in [9.17, 15) is 17.2 Å². The van der Waals surface area contributed by atoms with Crippen LogP contribution >= 0.6 is 11.6 Å². The van der Waals surface area contributed by atoms with Crippen molar-refractivity contribution in [1.29, 1.82) is 0 Å². The van der Waals surface area contributed by atoms with Gasteiger partial charge in [-0.1, -0.05) is 24.6 Å². The average Bonchev–Trinajstić information content (AvgIpc) is 3.53. The lowest BCUT2D eigenvalue weighted by molar-refractivity contribution is 0.408. The molecule has 0 amide bonds. The number of aromatic nitrogens is 5. The molecule has 0 aliphatic heterocycles. The Morgan fingerprint density at radius 1 is 1.13 bits per heavy atom. The Morgan fingerprint density at radius 2 is 1.89 bits per heavy atom. The SMILES string of the molecule is CC1[C@H]2CC[C@]1(c1cc(Cl)nc(-n3ccc(CCS(C)(=O)=O)n3)c1)c1nnc(-c3c(F)cccc3F)cc12. The third-order valence-corrected chi connectivity index (χ3v) is 9.14. The van der Waals surface area contributed by atoms with E-state index in [-0.39, 0.29) is 28.8 Å². The normalized spacial score (nSPS) is 22.1. The first-order chi connectivity index (χ1) is 18.1. The van der Waals surface area contributed by atoms with Crippen LogP contribution in [-0.2, 0) is 21.7 Å². The first-order valence-corrected chi connectivity index (χ1v) is 14.7. The van der Waals surface area contributed by atoms with E-state index in [1.54, 1.807) is 23.0 Å². The number of hydrogen-bond acceptors (Lipinski definition) is 6. The summed E-state index contributed by atoms with van der Waals surface area (Å²) >= 11 is 6.50. The van der Waals surface area contributed by atoms with Crippen LogP contribution in [0.1, 0.15) is 48.2 Å². The Morgan fingerprint density at radius 3 is 2.63 bits per heavy atom. The summed E-state index contributed by atoms with van der Waals surface area (Å²) in [7, 11) is -3.11. The monoisotopic (exact) mass is 555 g/mol. The highest BCUT2D eigenvalue weighted by Crippen LogP contribution is 2.63. The lowest BCUT2D eigenvalue weighted by atomic mass is 9.73. The van der Waals surface area contributed by atoms with Crippen molar-refractivity contribution in [2.75, 3.05) is 12.0 Å². The Bertz CT molecular complexity index is 1670. The third-order valence-electron chi connectivity index (χ3n) is 8.00. The first-order valence-electron chi connectivity index (χ1n) is 12.3. The van der Waals surface area contributed by atoms with Crippen LogP contribution in [0.4, 0.5) is 8.78 Å². The Kier molecular flexibility index (Phi) is 5.88. The van der Waals surface area contributed by atoms with Gasteiger partial charge < -0.3 is 0 Å². The molecule has 1 aromatic carbocycles. The minimum atomic E-state index is -3.11. The quantitative estimate of drug-likeness (QED) is 0.309. The number of hydrogen-bond donors (Lipinski definition) is 0. The summed E-state index contributed by atoms with van der Waals surface area (Å²) < 4.78 is 53.6. The number of benzene rings is 1. The van der Waals surface area contributed by atoms with Crippen LogP contribution < -0.4 is 0 Å². The summed E-state index contributed by atoms with van der Waals surface area (Å²) in [4.78, 5) is 4.46. The van der Waals surface area contributed by atoms with Crippen LogP contribution in [0.25, 0.3) is 17.1 Å². The van der Waals surface area contributed by atoms with Crippen molar-refractivity contribution in [3.8, 4) is 17.1 Å². The van der Waals surface area contributed by atoms with Crippen molar-refractivity contribution in [1.82, 2.24) is 25.0 Å². The summed E-state index contributed by atoms with van der Waals surface area (Å²) in [6.45, 7) is 2.16. The molecule has 1 saturated carbocycles. The number of fused-ring (bicyclic) bond motifs is 5. The second-order valence-corrected chi connectivity index (χ2v) is 12.9. The van der Waals surface area contributed by atoms with Gasteiger partial charge in [0.25, 0.3) is 0 Å². The van der Waals surface area contributed by atoms with Gasteiger partial charge in [-0.15, -0.1) is 5.10 Å². The number of rotatable bonds is 6. The van der Waals surface area contributed by atoms with E-state index in [1.807, 2.05) is 12.1 Å². The van der Waals surface area contributed by atoms with Crippen LogP contribution in [0.15, 0.2) is 48.7 Å². The fourth-order valence-corrected chi connectivity index (χ4v) is 6.96. The molecular weight excluding hydrogens is 532 g/mol. The van der Waals surface area contributed by atoms with Crippen LogP contribution in [0.3, 0.4) is 0 Å². The molecule has 0 saturated heterocycles. The van der Waals surface area contributed by atoms with E-state index in [2.05, 4.69) is 27.2 Å². The van der Waals surface area contributed by atoms with Crippen molar-refractivity contribution in [3.05, 3.63) is 88.0 Å². The molecule has 6 rings (SSSR count).